The Bertz CT molecular complexity index is 1100. The summed E-state index contributed by atoms with van der Waals surface area (Å²) in [5.41, 5.74) is 1.31. The van der Waals surface area contributed by atoms with Crippen molar-refractivity contribution in [2.45, 2.75) is 11.8 Å². The molecule has 0 saturated heterocycles. The van der Waals surface area contributed by atoms with Gasteiger partial charge in [-0.1, -0.05) is 36.4 Å². The van der Waals surface area contributed by atoms with E-state index < -0.39 is 10.0 Å². The molecule has 1 N–H and O–H groups in total. The maximum Gasteiger partial charge on any atom is 0.264 e. The molecule has 0 aliphatic heterocycles. The first-order chi connectivity index (χ1) is 13.9. The Morgan fingerprint density at radius 2 is 1.66 bits per heavy atom. The zero-order chi connectivity index (χ0) is 20.9. The number of amides is 1. The maximum atomic E-state index is 13.0. The number of carbonyl (C=O) groups is 1. The molecule has 7 heteroatoms. The average Bonchev–Trinajstić information content (AvgIpc) is 2.74. The Morgan fingerprint density at radius 3 is 2.38 bits per heavy atom. The van der Waals surface area contributed by atoms with Crippen molar-refractivity contribution in [3.63, 3.8) is 0 Å². The third-order valence-corrected chi connectivity index (χ3v) is 6.08. The van der Waals surface area contributed by atoms with E-state index in [1.54, 1.807) is 60.7 Å². The molecule has 0 aliphatic carbocycles. The van der Waals surface area contributed by atoms with Crippen LogP contribution in [0.1, 0.15) is 17.3 Å². The van der Waals surface area contributed by atoms with Gasteiger partial charge < -0.3 is 10.1 Å². The van der Waals surface area contributed by atoms with Crippen molar-refractivity contribution >= 4 is 27.3 Å². The monoisotopic (exact) mass is 410 g/mol. The maximum absolute atomic E-state index is 13.0. The van der Waals surface area contributed by atoms with Crippen LogP contribution >= 0.6 is 0 Å². The largest absolute Gasteiger partial charge is 0.493 e. The van der Waals surface area contributed by atoms with Gasteiger partial charge in [-0.25, -0.2) is 8.42 Å². The van der Waals surface area contributed by atoms with Gasteiger partial charge in [0.1, 0.15) is 5.75 Å². The minimum atomic E-state index is -3.77. The summed E-state index contributed by atoms with van der Waals surface area (Å²) in [6, 6.07) is 21.9. The second-order valence-electron chi connectivity index (χ2n) is 6.22. The van der Waals surface area contributed by atoms with Gasteiger partial charge in [0.05, 0.1) is 22.8 Å². The Kier molecular flexibility index (Phi) is 6.19. The van der Waals surface area contributed by atoms with E-state index in [2.05, 4.69) is 5.32 Å². The summed E-state index contributed by atoms with van der Waals surface area (Å²) >= 11 is 0. The van der Waals surface area contributed by atoms with E-state index in [1.165, 1.54) is 23.5 Å². The van der Waals surface area contributed by atoms with Crippen molar-refractivity contribution in [3.8, 4) is 5.75 Å². The molecule has 1 amide bonds. The second-order valence-corrected chi connectivity index (χ2v) is 8.19. The normalized spacial score (nSPS) is 11.0. The third kappa shape index (κ3) is 4.57. The minimum absolute atomic E-state index is 0.0831. The number of para-hydroxylation sites is 2. The summed E-state index contributed by atoms with van der Waals surface area (Å²) in [6.07, 6.45) is 0. The molecule has 0 saturated carbocycles. The molecule has 150 valence electrons. The first kappa shape index (κ1) is 20.4. The topological polar surface area (TPSA) is 75.7 Å². The molecule has 3 aromatic carbocycles. The summed E-state index contributed by atoms with van der Waals surface area (Å²) in [4.78, 5) is 12.8. The number of nitrogens with one attached hydrogen (secondary N) is 1. The van der Waals surface area contributed by atoms with Crippen molar-refractivity contribution < 1.29 is 17.9 Å². The molecule has 0 spiro atoms. The van der Waals surface area contributed by atoms with Gasteiger partial charge in [-0.2, -0.15) is 0 Å². The van der Waals surface area contributed by atoms with Crippen LogP contribution in [0.15, 0.2) is 83.8 Å². The predicted octanol–water partition coefficient (Wildman–Crippen LogP) is 4.16. The van der Waals surface area contributed by atoms with Crippen LogP contribution in [0.5, 0.6) is 5.75 Å². The SMILES string of the molecule is CCOc1ccccc1C(=O)Nc1cccc(S(=O)(=O)N(C)c2ccccc2)c1. The molecule has 29 heavy (non-hydrogen) atoms. The standard InChI is InChI=1S/C22H22N2O4S/c1-3-28-21-15-8-7-14-20(21)22(25)23-17-10-9-13-19(16-17)29(26,27)24(2)18-11-5-4-6-12-18/h4-16H,3H2,1-2H3,(H,23,25). The molecule has 0 aromatic heterocycles. The molecule has 3 aromatic rings. The lowest BCUT2D eigenvalue weighted by Crippen LogP contribution is -2.26. The summed E-state index contributed by atoms with van der Waals surface area (Å²) in [6.45, 7) is 2.27. The molecular formula is C22H22N2O4S. The van der Waals surface area contributed by atoms with E-state index >= 15 is 0 Å². The Hall–Kier alpha value is -3.32. The zero-order valence-electron chi connectivity index (χ0n) is 16.2. The Morgan fingerprint density at radius 1 is 0.966 bits per heavy atom. The average molecular weight is 410 g/mol. The van der Waals surface area contributed by atoms with Crippen molar-refractivity contribution in [1.82, 2.24) is 0 Å². The Balaban J connectivity index is 1.86. The van der Waals surface area contributed by atoms with Crippen LogP contribution in [0.2, 0.25) is 0 Å². The van der Waals surface area contributed by atoms with Crippen LogP contribution in [-0.4, -0.2) is 28.0 Å². The number of hydrogen-bond donors (Lipinski definition) is 1. The zero-order valence-corrected chi connectivity index (χ0v) is 17.0. The highest BCUT2D eigenvalue weighted by atomic mass is 32.2. The van der Waals surface area contributed by atoms with Gasteiger partial charge >= 0.3 is 0 Å². The quantitative estimate of drug-likeness (QED) is 0.635. The first-order valence-corrected chi connectivity index (χ1v) is 10.5. The minimum Gasteiger partial charge on any atom is -0.493 e. The lowest BCUT2D eigenvalue weighted by molar-refractivity contribution is 0.102. The number of ether oxygens (including phenoxy) is 1. The summed E-state index contributed by atoms with van der Waals surface area (Å²) in [7, 11) is -2.28. The molecule has 6 nitrogen and oxygen atoms in total. The van der Waals surface area contributed by atoms with E-state index in [0.717, 1.165) is 0 Å². The highest BCUT2D eigenvalue weighted by molar-refractivity contribution is 7.92. The van der Waals surface area contributed by atoms with Gasteiger partial charge in [-0.15, -0.1) is 0 Å². The van der Waals surface area contributed by atoms with Crippen LogP contribution in [-0.2, 0) is 10.0 Å². The molecular weight excluding hydrogens is 388 g/mol. The van der Waals surface area contributed by atoms with Gasteiger partial charge in [0.2, 0.25) is 0 Å². The molecule has 0 radical (unpaired) electrons. The first-order valence-electron chi connectivity index (χ1n) is 9.10. The number of anilines is 2. The number of nitrogens with zero attached hydrogens (tertiary/aromatic N) is 1. The van der Waals surface area contributed by atoms with Gasteiger partial charge in [0.25, 0.3) is 15.9 Å². The fourth-order valence-corrected chi connectivity index (χ4v) is 4.05. The summed E-state index contributed by atoms with van der Waals surface area (Å²) in [5.74, 6) is 0.0973. The number of hydrogen-bond acceptors (Lipinski definition) is 4. The molecule has 0 unspecified atom stereocenters. The molecule has 0 heterocycles. The lowest BCUT2D eigenvalue weighted by Gasteiger charge is -2.20. The molecule has 0 aliphatic rings. The summed E-state index contributed by atoms with van der Waals surface area (Å²) in [5, 5.41) is 2.75. The molecule has 0 atom stereocenters. The van der Waals surface area contributed by atoms with Gasteiger partial charge in [-0.05, 0) is 49.4 Å². The van der Waals surface area contributed by atoms with Crippen molar-refractivity contribution in [3.05, 3.63) is 84.4 Å². The van der Waals surface area contributed by atoms with E-state index in [-0.39, 0.29) is 10.8 Å². The van der Waals surface area contributed by atoms with Gasteiger partial charge in [-0.3, -0.25) is 9.10 Å². The van der Waals surface area contributed by atoms with Crippen LogP contribution in [0.25, 0.3) is 0 Å². The van der Waals surface area contributed by atoms with E-state index in [9.17, 15) is 13.2 Å². The van der Waals surface area contributed by atoms with Crippen molar-refractivity contribution in [1.29, 1.82) is 0 Å². The smallest absolute Gasteiger partial charge is 0.264 e. The van der Waals surface area contributed by atoms with Crippen LogP contribution in [0.4, 0.5) is 11.4 Å². The van der Waals surface area contributed by atoms with E-state index in [1.807, 2.05) is 13.0 Å². The fraction of sp³-hybridized carbons (Fsp3) is 0.136. The third-order valence-electron chi connectivity index (χ3n) is 4.30. The highest BCUT2D eigenvalue weighted by Crippen LogP contribution is 2.25. The van der Waals surface area contributed by atoms with Gasteiger partial charge in [0.15, 0.2) is 0 Å². The summed E-state index contributed by atoms with van der Waals surface area (Å²) < 4.78 is 32.6. The number of rotatable bonds is 7. The van der Waals surface area contributed by atoms with Crippen molar-refractivity contribution in [2.75, 3.05) is 23.3 Å². The second kappa shape index (κ2) is 8.79. The van der Waals surface area contributed by atoms with E-state index in [4.69, 9.17) is 4.74 Å². The highest BCUT2D eigenvalue weighted by Gasteiger charge is 2.22. The number of carbonyl (C=O) groups excluding carboxylic acids is 1. The number of benzene rings is 3. The fourth-order valence-electron chi connectivity index (χ4n) is 2.80. The molecule has 0 bridgehead atoms. The molecule has 3 rings (SSSR count). The van der Waals surface area contributed by atoms with Crippen LogP contribution in [0, 0.1) is 0 Å². The predicted molar refractivity (Wildman–Crippen MR) is 114 cm³/mol. The lowest BCUT2D eigenvalue weighted by atomic mass is 10.2. The van der Waals surface area contributed by atoms with Crippen LogP contribution < -0.4 is 14.4 Å². The Labute approximate surface area is 170 Å². The molecule has 0 fully saturated rings. The van der Waals surface area contributed by atoms with E-state index in [0.29, 0.717) is 29.3 Å². The van der Waals surface area contributed by atoms with Gasteiger partial charge in [0, 0.05) is 12.7 Å². The van der Waals surface area contributed by atoms with Crippen LogP contribution in [0.3, 0.4) is 0 Å². The van der Waals surface area contributed by atoms with Crippen molar-refractivity contribution in [2.24, 2.45) is 0 Å². The number of sulfonamides is 1.